The van der Waals surface area contributed by atoms with Gasteiger partial charge in [0.25, 0.3) is 11.6 Å². The van der Waals surface area contributed by atoms with Gasteiger partial charge in [0.2, 0.25) is 0 Å². The van der Waals surface area contributed by atoms with E-state index in [9.17, 15) is 14.9 Å². The summed E-state index contributed by atoms with van der Waals surface area (Å²) in [5.74, 6) is -0.446. The molecule has 1 aliphatic heterocycles. The molecule has 1 N–H and O–H groups in total. The molecule has 2 aromatic carbocycles. The van der Waals surface area contributed by atoms with Gasteiger partial charge in [0.1, 0.15) is 0 Å². The molecule has 1 heterocycles. The highest BCUT2D eigenvalue weighted by atomic mass is 127. The molecule has 0 unspecified atom stereocenters. The van der Waals surface area contributed by atoms with E-state index < -0.39 is 10.8 Å². The molecule has 0 spiro atoms. The molecule has 0 atom stereocenters. The number of nitro benzene ring substituents is 1. The second-order valence-corrected chi connectivity index (χ2v) is 7.29. The molecule has 1 aliphatic rings. The Morgan fingerprint density at radius 1 is 1.23 bits per heavy atom. The van der Waals surface area contributed by atoms with Gasteiger partial charge in [-0.25, -0.2) is 0 Å². The van der Waals surface area contributed by atoms with Gasteiger partial charge in [-0.15, -0.1) is 0 Å². The standard InChI is InChI=1S/C17H15ClIN3O4/c18-14-9-11(19)1-3-15(14)20-17(23)13-10-12(22(24)25)2-4-16(13)21-5-7-26-8-6-21/h1-4,9-10H,5-8H2,(H,20,23). The van der Waals surface area contributed by atoms with Crippen molar-refractivity contribution in [1.82, 2.24) is 0 Å². The zero-order valence-electron chi connectivity index (χ0n) is 13.6. The summed E-state index contributed by atoms with van der Waals surface area (Å²) < 4.78 is 6.28. The minimum Gasteiger partial charge on any atom is -0.378 e. The van der Waals surface area contributed by atoms with Crippen LogP contribution < -0.4 is 10.2 Å². The Labute approximate surface area is 168 Å². The minimum absolute atomic E-state index is 0.138. The Morgan fingerprint density at radius 3 is 2.62 bits per heavy atom. The topological polar surface area (TPSA) is 84.7 Å². The Morgan fingerprint density at radius 2 is 1.96 bits per heavy atom. The van der Waals surface area contributed by atoms with E-state index in [-0.39, 0.29) is 11.3 Å². The number of carbonyl (C=O) groups is 1. The van der Waals surface area contributed by atoms with Gasteiger partial charge in [0, 0.05) is 28.8 Å². The lowest BCUT2D eigenvalue weighted by molar-refractivity contribution is -0.384. The summed E-state index contributed by atoms with van der Waals surface area (Å²) in [7, 11) is 0. The molecule has 0 radical (unpaired) electrons. The number of carbonyl (C=O) groups excluding carboxylic acids is 1. The highest BCUT2D eigenvalue weighted by Crippen LogP contribution is 2.29. The largest absolute Gasteiger partial charge is 0.378 e. The fraction of sp³-hybridized carbons (Fsp3) is 0.235. The number of amides is 1. The fourth-order valence-electron chi connectivity index (χ4n) is 2.68. The van der Waals surface area contributed by atoms with E-state index in [0.29, 0.717) is 42.7 Å². The van der Waals surface area contributed by atoms with Crippen LogP contribution in [0.5, 0.6) is 0 Å². The maximum Gasteiger partial charge on any atom is 0.270 e. The molecule has 1 amide bonds. The van der Waals surface area contributed by atoms with Crippen molar-refractivity contribution in [1.29, 1.82) is 0 Å². The number of non-ortho nitro benzene ring substituents is 1. The number of halogens is 2. The normalized spacial score (nSPS) is 14.2. The second-order valence-electron chi connectivity index (χ2n) is 5.64. The average Bonchev–Trinajstić information content (AvgIpc) is 2.64. The minimum atomic E-state index is -0.516. The molecule has 0 saturated carbocycles. The fourth-order valence-corrected chi connectivity index (χ4v) is 3.58. The summed E-state index contributed by atoms with van der Waals surface area (Å²) in [6.07, 6.45) is 0. The summed E-state index contributed by atoms with van der Waals surface area (Å²) in [5, 5.41) is 14.3. The summed E-state index contributed by atoms with van der Waals surface area (Å²) in [6, 6.07) is 9.55. The molecule has 1 saturated heterocycles. The number of nitro groups is 1. The summed E-state index contributed by atoms with van der Waals surface area (Å²) >= 11 is 8.30. The smallest absolute Gasteiger partial charge is 0.270 e. The van der Waals surface area contributed by atoms with Crippen LogP contribution in [-0.4, -0.2) is 37.1 Å². The van der Waals surface area contributed by atoms with E-state index in [1.807, 2.05) is 11.0 Å². The predicted molar refractivity (Wildman–Crippen MR) is 108 cm³/mol. The molecule has 0 aromatic heterocycles. The lowest BCUT2D eigenvalue weighted by atomic mass is 10.1. The molecule has 0 bridgehead atoms. The van der Waals surface area contributed by atoms with Gasteiger partial charge in [-0.3, -0.25) is 14.9 Å². The van der Waals surface area contributed by atoms with Crippen LogP contribution in [0.2, 0.25) is 5.02 Å². The number of benzene rings is 2. The van der Waals surface area contributed by atoms with Crippen molar-refractivity contribution in [2.24, 2.45) is 0 Å². The predicted octanol–water partition coefficient (Wildman–Crippen LogP) is 3.94. The van der Waals surface area contributed by atoms with E-state index in [1.54, 1.807) is 18.2 Å². The molecule has 9 heteroatoms. The van der Waals surface area contributed by atoms with Gasteiger partial charge in [0.05, 0.1) is 40.1 Å². The zero-order chi connectivity index (χ0) is 18.7. The number of nitrogens with zero attached hydrogens (tertiary/aromatic N) is 2. The van der Waals surface area contributed by atoms with E-state index in [0.717, 1.165) is 3.57 Å². The number of anilines is 2. The zero-order valence-corrected chi connectivity index (χ0v) is 16.5. The van der Waals surface area contributed by atoms with Crippen molar-refractivity contribution in [2.75, 3.05) is 36.5 Å². The molecule has 1 fully saturated rings. The molecule has 26 heavy (non-hydrogen) atoms. The molecular weight excluding hydrogens is 473 g/mol. The highest BCUT2D eigenvalue weighted by Gasteiger charge is 2.22. The highest BCUT2D eigenvalue weighted by molar-refractivity contribution is 14.1. The van der Waals surface area contributed by atoms with Gasteiger partial charge in [-0.05, 0) is 46.9 Å². The third kappa shape index (κ3) is 4.25. The first-order chi connectivity index (χ1) is 12.5. The summed E-state index contributed by atoms with van der Waals surface area (Å²) in [6.45, 7) is 2.31. The van der Waals surface area contributed by atoms with Crippen molar-refractivity contribution >= 4 is 57.2 Å². The van der Waals surface area contributed by atoms with Crippen LogP contribution in [0.1, 0.15) is 10.4 Å². The maximum absolute atomic E-state index is 12.8. The van der Waals surface area contributed by atoms with E-state index >= 15 is 0 Å². The van der Waals surface area contributed by atoms with Crippen molar-refractivity contribution in [2.45, 2.75) is 0 Å². The Bertz CT molecular complexity index is 856. The first kappa shape index (κ1) is 18.9. The summed E-state index contributed by atoms with van der Waals surface area (Å²) in [5.41, 5.74) is 1.19. The van der Waals surface area contributed by atoms with Crippen molar-refractivity contribution in [3.63, 3.8) is 0 Å². The molecule has 7 nitrogen and oxygen atoms in total. The van der Waals surface area contributed by atoms with Gasteiger partial charge in [-0.2, -0.15) is 0 Å². The van der Waals surface area contributed by atoms with Crippen LogP contribution in [0.4, 0.5) is 17.1 Å². The van der Waals surface area contributed by atoms with Gasteiger partial charge < -0.3 is 15.0 Å². The Kier molecular flexibility index (Phi) is 5.94. The van der Waals surface area contributed by atoms with Gasteiger partial charge in [0.15, 0.2) is 0 Å². The number of morpholine rings is 1. The number of ether oxygens (including phenoxy) is 1. The molecule has 2 aromatic rings. The van der Waals surface area contributed by atoms with Crippen LogP contribution in [0.25, 0.3) is 0 Å². The average molecular weight is 488 g/mol. The number of nitrogens with one attached hydrogen (secondary N) is 1. The van der Waals surface area contributed by atoms with Crippen molar-refractivity contribution in [3.8, 4) is 0 Å². The van der Waals surface area contributed by atoms with Crippen LogP contribution in [-0.2, 0) is 4.74 Å². The van der Waals surface area contributed by atoms with Crippen molar-refractivity contribution in [3.05, 3.63) is 60.7 Å². The lowest BCUT2D eigenvalue weighted by Crippen LogP contribution is -2.37. The van der Waals surface area contributed by atoms with Gasteiger partial charge in [-0.1, -0.05) is 11.6 Å². The first-order valence-corrected chi connectivity index (χ1v) is 9.29. The molecule has 136 valence electrons. The third-order valence-electron chi connectivity index (χ3n) is 3.97. The van der Waals surface area contributed by atoms with Gasteiger partial charge >= 0.3 is 0 Å². The quantitative estimate of drug-likeness (QED) is 0.401. The number of hydrogen-bond donors (Lipinski definition) is 1. The third-order valence-corrected chi connectivity index (χ3v) is 4.95. The Balaban J connectivity index is 1.95. The van der Waals surface area contributed by atoms with E-state index in [4.69, 9.17) is 16.3 Å². The maximum atomic E-state index is 12.8. The van der Waals surface area contributed by atoms with Crippen molar-refractivity contribution < 1.29 is 14.5 Å². The lowest BCUT2D eigenvalue weighted by Gasteiger charge is -2.30. The second kappa shape index (κ2) is 8.19. The summed E-state index contributed by atoms with van der Waals surface area (Å²) in [4.78, 5) is 25.4. The Hall–Kier alpha value is -1.91. The number of hydrogen-bond acceptors (Lipinski definition) is 5. The van der Waals surface area contributed by atoms with E-state index in [2.05, 4.69) is 27.9 Å². The monoisotopic (exact) mass is 487 g/mol. The number of rotatable bonds is 4. The SMILES string of the molecule is O=C(Nc1ccc(I)cc1Cl)c1cc([N+](=O)[O-])ccc1N1CCOCC1. The van der Waals surface area contributed by atoms with Crippen LogP contribution in [0, 0.1) is 13.7 Å². The van der Waals surface area contributed by atoms with Crippen LogP contribution in [0.3, 0.4) is 0 Å². The first-order valence-electron chi connectivity index (χ1n) is 7.83. The molecule has 3 rings (SSSR count). The van der Waals surface area contributed by atoms with Crippen LogP contribution in [0.15, 0.2) is 36.4 Å². The van der Waals surface area contributed by atoms with E-state index in [1.165, 1.54) is 12.1 Å². The van der Waals surface area contributed by atoms with Crippen LogP contribution >= 0.6 is 34.2 Å². The molecule has 0 aliphatic carbocycles. The molecular formula is C17H15ClIN3O4.